The second-order valence-electron chi connectivity index (χ2n) is 7.44. The van der Waals surface area contributed by atoms with E-state index in [1.165, 1.54) is 6.42 Å². The normalized spacial score (nSPS) is 22.5. The van der Waals surface area contributed by atoms with Crippen LogP contribution in [-0.2, 0) is 9.31 Å². The zero-order valence-corrected chi connectivity index (χ0v) is 14.3. The maximum atomic E-state index is 12.0. The van der Waals surface area contributed by atoms with Gasteiger partial charge in [0.15, 0.2) is 0 Å². The standard InChI is InChI=1S/C17H25BN2O3/c1-16(2)17(3,4)23-18(22-16)12-7-5-10-14(11-12)20-15(21)19-13-8-6-9-13/h5,7,10-11,13H,6,8-9H2,1-4H3,(H2,19,20,21). The smallest absolute Gasteiger partial charge is 0.399 e. The lowest BCUT2D eigenvalue weighted by Crippen LogP contribution is -2.42. The number of rotatable bonds is 3. The van der Waals surface area contributed by atoms with Crippen molar-refractivity contribution in [2.24, 2.45) is 0 Å². The van der Waals surface area contributed by atoms with Gasteiger partial charge in [-0.25, -0.2) is 4.79 Å². The first-order valence-electron chi connectivity index (χ1n) is 8.30. The Morgan fingerprint density at radius 3 is 2.39 bits per heavy atom. The Bertz CT molecular complexity index is 583. The molecule has 3 rings (SSSR count). The Morgan fingerprint density at radius 1 is 1.17 bits per heavy atom. The molecule has 0 radical (unpaired) electrons. The minimum atomic E-state index is -0.420. The van der Waals surface area contributed by atoms with Gasteiger partial charge in [0.2, 0.25) is 0 Å². The van der Waals surface area contributed by atoms with Gasteiger partial charge in [0.1, 0.15) is 0 Å². The van der Waals surface area contributed by atoms with Crippen molar-refractivity contribution in [3.63, 3.8) is 0 Å². The number of amides is 2. The Balaban J connectivity index is 1.67. The molecule has 124 valence electrons. The summed E-state index contributed by atoms with van der Waals surface area (Å²) >= 11 is 0. The maximum Gasteiger partial charge on any atom is 0.494 e. The van der Waals surface area contributed by atoms with Crippen LogP contribution < -0.4 is 16.1 Å². The number of urea groups is 1. The molecule has 1 saturated carbocycles. The highest BCUT2D eigenvalue weighted by molar-refractivity contribution is 6.62. The van der Waals surface area contributed by atoms with E-state index in [1.807, 2.05) is 52.0 Å². The lowest BCUT2D eigenvalue weighted by atomic mass is 9.79. The van der Waals surface area contributed by atoms with Crippen molar-refractivity contribution in [1.29, 1.82) is 0 Å². The summed E-state index contributed by atoms with van der Waals surface area (Å²) in [6.45, 7) is 8.12. The molecule has 5 nitrogen and oxygen atoms in total. The number of carbonyl (C=O) groups is 1. The van der Waals surface area contributed by atoms with Crippen LogP contribution in [0.5, 0.6) is 0 Å². The zero-order valence-electron chi connectivity index (χ0n) is 14.3. The fourth-order valence-electron chi connectivity index (χ4n) is 2.65. The number of hydrogen-bond acceptors (Lipinski definition) is 3. The van der Waals surface area contributed by atoms with E-state index in [-0.39, 0.29) is 17.2 Å². The molecule has 0 aromatic heterocycles. The summed E-state index contributed by atoms with van der Waals surface area (Å²) < 4.78 is 12.1. The van der Waals surface area contributed by atoms with E-state index in [1.54, 1.807) is 0 Å². The van der Waals surface area contributed by atoms with Gasteiger partial charge < -0.3 is 19.9 Å². The van der Waals surface area contributed by atoms with Crippen molar-refractivity contribution in [2.75, 3.05) is 5.32 Å². The average Bonchev–Trinajstić information content (AvgIpc) is 2.63. The second-order valence-corrected chi connectivity index (χ2v) is 7.44. The van der Waals surface area contributed by atoms with E-state index in [2.05, 4.69) is 10.6 Å². The van der Waals surface area contributed by atoms with Crippen LogP contribution in [0, 0.1) is 0 Å². The summed E-state index contributed by atoms with van der Waals surface area (Å²) in [6, 6.07) is 7.80. The lowest BCUT2D eigenvalue weighted by molar-refractivity contribution is 0.00578. The van der Waals surface area contributed by atoms with E-state index < -0.39 is 7.12 Å². The monoisotopic (exact) mass is 316 g/mol. The molecule has 6 heteroatoms. The molecule has 1 aliphatic heterocycles. The quantitative estimate of drug-likeness (QED) is 0.843. The summed E-state index contributed by atoms with van der Waals surface area (Å²) in [5.74, 6) is 0. The molecule has 0 unspecified atom stereocenters. The highest BCUT2D eigenvalue weighted by Gasteiger charge is 2.51. The minimum Gasteiger partial charge on any atom is -0.399 e. The van der Waals surface area contributed by atoms with Gasteiger partial charge in [0.25, 0.3) is 0 Å². The van der Waals surface area contributed by atoms with E-state index in [0.29, 0.717) is 6.04 Å². The molecule has 2 aliphatic rings. The molecule has 23 heavy (non-hydrogen) atoms. The van der Waals surface area contributed by atoms with Crippen LogP contribution in [0.15, 0.2) is 24.3 Å². The molecule has 2 amide bonds. The largest absolute Gasteiger partial charge is 0.494 e. The first kappa shape index (κ1) is 16.3. The van der Waals surface area contributed by atoms with Gasteiger partial charge in [-0.2, -0.15) is 0 Å². The van der Waals surface area contributed by atoms with Gasteiger partial charge in [-0.1, -0.05) is 12.1 Å². The molecule has 1 saturated heterocycles. The molecule has 2 N–H and O–H groups in total. The van der Waals surface area contributed by atoms with Crippen LogP contribution in [0.2, 0.25) is 0 Å². The van der Waals surface area contributed by atoms with E-state index in [4.69, 9.17) is 9.31 Å². The summed E-state index contributed by atoms with van der Waals surface area (Å²) in [5, 5.41) is 5.85. The van der Waals surface area contributed by atoms with Crippen molar-refractivity contribution in [2.45, 2.75) is 64.2 Å². The first-order valence-corrected chi connectivity index (χ1v) is 8.30. The lowest BCUT2D eigenvalue weighted by Gasteiger charge is -2.32. The Morgan fingerprint density at radius 2 is 1.83 bits per heavy atom. The molecule has 1 aromatic rings. The van der Waals surface area contributed by atoms with Crippen molar-refractivity contribution >= 4 is 24.3 Å². The SMILES string of the molecule is CC1(C)OB(c2cccc(NC(=O)NC3CCC3)c2)OC1(C)C. The van der Waals surface area contributed by atoms with Gasteiger partial charge in [-0.3, -0.25) is 0 Å². The van der Waals surface area contributed by atoms with Gasteiger partial charge in [-0.05, 0) is 64.6 Å². The summed E-state index contributed by atoms with van der Waals surface area (Å²) in [5.41, 5.74) is 0.907. The van der Waals surface area contributed by atoms with Gasteiger partial charge in [0.05, 0.1) is 11.2 Å². The number of benzene rings is 1. The molecule has 0 spiro atoms. The van der Waals surface area contributed by atoms with Gasteiger partial charge in [0, 0.05) is 11.7 Å². The van der Waals surface area contributed by atoms with Crippen molar-refractivity contribution in [3.05, 3.63) is 24.3 Å². The Kier molecular flexibility index (Phi) is 4.15. The van der Waals surface area contributed by atoms with Crippen LogP contribution in [0.1, 0.15) is 47.0 Å². The van der Waals surface area contributed by atoms with E-state index >= 15 is 0 Å². The van der Waals surface area contributed by atoms with Crippen LogP contribution in [-0.4, -0.2) is 30.4 Å². The van der Waals surface area contributed by atoms with E-state index in [9.17, 15) is 4.79 Å². The molecule has 1 aromatic carbocycles. The third kappa shape index (κ3) is 3.38. The number of carbonyl (C=O) groups excluding carboxylic acids is 1. The Labute approximate surface area is 138 Å². The second kappa shape index (κ2) is 5.84. The van der Waals surface area contributed by atoms with Crippen molar-refractivity contribution in [1.82, 2.24) is 5.32 Å². The first-order chi connectivity index (χ1) is 10.8. The predicted molar refractivity (Wildman–Crippen MR) is 92.0 cm³/mol. The van der Waals surface area contributed by atoms with Crippen LogP contribution >= 0.6 is 0 Å². The van der Waals surface area contributed by atoms with E-state index in [0.717, 1.165) is 24.0 Å². The number of nitrogens with one attached hydrogen (secondary N) is 2. The van der Waals surface area contributed by atoms with Crippen LogP contribution in [0.25, 0.3) is 0 Å². The van der Waals surface area contributed by atoms with Gasteiger partial charge >= 0.3 is 13.1 Å². The fraction of sp³-hybridized carbons (Fsp3) is 0.588. The fourth-order valence-corrected chi connectivity index (χ4v) is 2.65. The third-order valence-corrected chi connectivity index (χ3v) is 5.11. The molecule has 2 fully saturated rings. The van der Waals surface area contributed by atoms with Gasteiger partial charge in [-0.15, -0.1) is 0 Å². The number of anilines is 1. The maximum absolute atomic E-state index is 12.0. The zero-order chi connectivity index (χ0) is 16.7. The molecular weight excluding hydrogens is 291 g/mol. The minimum absolute atomic E-state index is 0.152. The summed E-state index contributed by atoms with van der Waals surface area (Å²) in [6.07, 6.45) is 3.34. The molecule has 0 bridgehead atoms. The topological polar surface area (TPSA) is 59.6 Å². The molecule has 0 atom stereocenters. The van der Waals surface area contributed by atoms with Crippen molar-refractivity contribution in [3.8, 4) is 0 Å². The molecule has 1 aliphatic carbocycles. The highest BCUT2D eigenvalue weighted by atomic mass is 16.7. The molecular formula is C17H25BN2O3. The highest BCUT2D eigenvalue weighted by Crippen LogP contribution is 2.36. The van der Waals surface area contributed by atoms with Crippen LogP contribution in [0.3, 0.4) is 0 Å². The predicted octanol–water partition coefficient (Wildman–Crippen LogP) is 2.66. The van der Waals surface area contributed by atoms with Crippen LogP contribution in [0.4, 0.5) is 10.5 Å². The summed E-state index contributed by atoms with van der Waals surface area (Å²) in [7, 11) is -0.420. The average molecular weight is 316 g/mol. The number of hydrogen-bond donors (Lipinski definition) is 2. The summed E-state index contributed by atoms with van der Waals surface area (Å²) in [4.78, 5) is 12.0. The third-order valence-electron chi connectivity index (χ3n) is 5.11. The van der Waals surface area contributed by atoms with Crippen molar-refractivity contribution < 1.29 is 14.1 Å². The molecule has 1 heterocycles. The Hall–Kier alpha value is -1.53.